The molecule has 1 aromatic rings. The van der Waals surface area contributed by atoms with Crippen LogP contribution in [0.3, 0.4) is 0 Å². The van der Waals surface area contributed by atoms with Crippen LogP contribution in [-0.2, 0) is 11.2 Å². The first kappa shape index (κ1) is 13.9. The Morgan fingerprint density at radius 2 is 2.00 bits per heavy atom. The predicted molar refractivity (Wildman–Crippen MR) is 84.7 cm³/mol. The number of likely N-dealkylation sites (tertiary alicyclic amines) is 1. The van der Waals surface area contributed by atoms with Crippen molar-refractivity contribution in [2.24, 2.45) is 4.99 Å². The Labute approximate surface area is 125 Å². The van der Waals surface area contributed by atoms with E-state index in [-0.39, 0.29) is 5.91 Å². The van der Waals surface area contributed by atoms with E-state index in [1.807, 2.05) is 23.1 Å². The van der Waals surface area contributed by atoms with Gasteiger partial charge in [0.25, 0.3) is 0 Å². The van der Waals surface area contributed by atoms with Crippen LogP contribution >= 0.6 is 0 Å². The van der Waals surface area contributed by atoms with Gasteiger partial charge in [-0.15, -0.1) is 0 Å². The first-order valence-corrected chi connectivity index (χ1v) is 7.63. The summed E-state index contributed by atoms with van der Waals surface area (Å²) in [5.41, 5.74) is 2.32. The van der Waals surface area contributed by atoms with Crippen LogP contribution in [0, 0.1) is 0 Å². The van der Waals surface area contributed by atoms with E-state index in [1.165, 1.54) is 18.4 Å². The van der Waals surface area contributed by atoms with Crippen molar-refractivity contribution in [2.75, 3.05) is 38.1 Å². The third-order valence-electron chi connectivity index (χ3n) is 4.20. The number of fused-ring (bicyclic) bond motifs is 1. The minimum atomic E-state index is 0.111. The number of nitrogens with zero attached hydrogens (tertiary/aromatic N) is 3. The highest BCUT2D eigenvalue weighted by Gasteiger charge is 2.24. The van der Waals surface area contributed by atoms with Crippen LogP contribution in [0.5, 0.6) is 0 Å². The fourth-order valence-corrected chi connectivity index (χ4v) is 3.11. The van der Waals surface area contributed by atoms with Gasteiger partial charge in [0.2, 0.25) is 5.91 Å². The number of para-hydroxylation sites is 1. The van der Waals surface area contributed by atoms with E-state index < -0.39 is 0 Å². The van der Waals surface area contributed by atoms with E-state index in [4.69, 9.17) is 0 Å². The van der Waals surface area contributed by atoms with Crippen LogP contribution in [0.25, 0.3) is 0 Å². The Hall–Kier alpha value is -2.04. The summed E-state index contributed by atoms with van der Waals surface area (Å²) in [5, 5.41) is 3.20. The number of hydrogen-bond acceptors (Lipinski definition) is 2. The van der Waals surface area contributed by atoms with Gasteiger partial charge < -0.3 is 15.1 Å². The molecule has 1 amide bonds. The van der Waals surface area contributed by atoms with Crippen molar-refractivity contribution in [1.82, 2.24) is 10.2 Å². The molecule has 1 saturated heterocycles. The van der Waals surface area contributed by atoms with E-state index in [2.05, 4.69) is 21.3 Å². The summed E-state index contributed by atoms with van der Waals surface area (Å²) in [6.07, 6.45) is 3.35. The maximum absolute atomic E-state index is 12.4. The number of guanidine groups is 1. The molecule has 0 bridgehead atoms. The second kappa shape index (κ2) is 6.16. The lowest BCUT2D eigenvalue weighted by molar-refractivity contribution is -0.117. The van der Waals surface area contributed by atoms with Gasteiger partial charge in [-0.2, -0.15) is 0 Å². The molecule has 0 radical (unpaired) electrons. The maximum atomic E-state index is 12.4. The zero-order chi connectivity index (χ0) is 14.7. The van der Waals surface area contributed by atoms with Gasteiger partial charge in [-0.3, -0.25) is 9.79 Å². The number of benzene rings is 1. The summed E-state index contributed by atoms with van der Waals surface area (Å²) in [7, 11) is 1.77. The molecular weight excluding hydrogens is 264 g/mol. The van der Waals surface area contributed by atoms with Crippen molar-refractivity contribution in [1.29, 1.82) is 0 Å². The molecule has 0 aromatic heterocycles. The van der Waals surface area contributed by atoms with E-state index in [1.54, 1.807) is 7.05 Å². The molecule has 3 rings (SSSR count). The highest BCUT2D eigenvalue weighted by atomic mass is 16.2. The number of aliphatic imine (C=N–C) groups is 1. The Kier molecular flexibility index (Phi) is 4.08. The van der Waals surface area contributed by atoms with Crippen LogP contribution in [0.15, 0.2) is 29.3 Å². The van der Waals surface area contributed by atoms with Gasteiger partial charge in [-0.25, -0.2) is 0 Å². The lowest BCUT2D eigenvalue weighted by Crippen LogP contribution is -2.45. The molecule has 0 spiro atoms. The van der Waals surface area contributed by atoms with Crippen molar-refractivity contribution in [3.05, 3.63) is 29.8 Å². The molecule has 1 aromatic carbocycles. The highest BCUT2D eigenvalue weighted by molar-refractivity contribution is 5.98. The van der Waals surface area contributed by atoms with E-state index in [0.717, 1.165) is 37.7 Å². The van der Waals surface area contributed by atoms with Crippen molar-refractivity contribution in [2.45, 2.75) is 19.3 Å². The Balaban J connectivity index is 1.60. The molecule has 0 unspecified atom stereocenters. The summed E-state index contributed by atoms with van der Waals surface area (Å²) < 4.78 is 0. The Bertz CT molecular complexity index is 549. The molecule has 2 aliphatic heterocycles. The zero-order valence-electron chi connectivity index (χ0n) is 12.5. The van der Waals surface area contributed by atoms with Gasteiger partial charge in [0.05, 0.1) is 6.54 Å². The Morgan fingerprint density at radius 3 is 2.76 bits per heavy atom. The molecule has 1 fully saturated rings. The van der Waals surface area contributed by atoms with Crippen LogP contribution in [0.1, 0.15) is 18.4 Å². The van der Waals surface area contributed by atoms with E-state index in [0.29, 0.717) is 6.54 Å². The first-order valence-electron chi connectivity index (χ1n) is 7.63. The minimum Gasteiger partial charge on any atom is -0.347 e. The number of anilines is 1. The van der Waals surface area contributed by atoms with Gasteiger partial charge in [0.15, 0.2) is 5.96 Å². The average Bonchev–Trinajstić information content (AvgIpc) is 3.17. The summed E-state index contributed by atoms with van der Waals surface area (Å²) in [5.74, 6) is 0.952. The van der Waals surface area contributed by atoms with Crippen LogP contribution < -0.4 is 10.2 Å². The number of carbonyl (C=O) groups excluding carboxylic acids is 1. The predicted octanol–water partition coefficient (Wildman–Crippen LogP) is 1.25. The molecule has 0 atom stereocenters. The molecule has 5 nitrogen and oxygen atoms in total. The molecule has 0 saturated carbocycles. The van der Waals surface area contributed by atoms with Crippen molar-refractivity contribution >= 4 is 17.6 Å². The summed E-state index contributed by atoms with van der Waals surface area (Å²) >= 11 is 0. The molecule has 0 aliphatic carbocycles. The Morgan fingerprint density at radius 1 is 1.24 bits per heavy atom. The number of amides is 1. The summed E-state index contributed by atoms with van der Waals surface area (Å²) in [6.45, 7) is 3.14. The van der Waals surface area contributed by atoms with Crippen molar-refractivity contribution in [3.63, 3.8) is 0 Å². The first-order chi connectivity index (χ1) is 10.3. The largest absolute Gasteiger partial charge is 0.347 e. The molecule has 2 heterocycles. The fourth-order valence-electron chi connectivity index (χ4n) is 3.11. The third kappa shape index (κ3) is 2.86. The second-order valence-electron chi connectivity index (χ2n) is 5.52. The highest BCUT2D eigenvalue weighted by Crippen LogP contribution is 2.27. The smallest absolute Gasteiger partial charge is 0.246 e. The van der Waals surface area contributed by atoms with Crippen molar-refractivity contribution < 1.29 is 4.79 Å². The van der Waals surface area contributed by atoms with Gasteiger partial charge in [-0.1, -0.05) is 18.2 Å². The lowest BCUT2D eigenvalue weighted by Gasteiger charge is -2.22. The molecule has 5 heteroatoms. The molecule has 112 valence electrons. The molecule has 2 aliphatic rings. The summed E-state index contributed by atoms with van der Waals surface area (Å²) in [4.78, 5) is 20.8. The quantitative estimate of drug-likeness (QED) is 0.657. The fraction of sp³-hybridized carbons (Fsp3) is 0.500. The minimum absolute atomic E-state index is 0.111. The normalized spacial score (nSPS) is 18.0. The molecule has 21 heavy (non-hydrogen) atoms. The average molecular weight is 286 g/mol. The molecule has 1 N–H and O–H groups in total. The monoisotopic (exact) mass is 286 g/mol. The third-order valence-corrected chi connectivity index (χ3v) is 4.20. The molecular formula is C16H22N4O. The van der Waals surface area contributed by atoms with E-state index in [9.17, 15) is 4.79 Å². The number of rotatable bonds is 2. The maximum Gasteiger partial charge on any atom is 0.246 e. The number of hydrogen-bond donors (Lipinski definition) is 1. The number of nitrogens with one attached hydrogen (secondary N) is 1. The van der Waals surface area contributed by atoms with Gasteiger partial charge >= 0.3 is 0 Å². The van der Waals surface area contributed by atoms with Gasteiger partial charge in [-0.05, 0) is 30.9 Å². The second-order valence-corrected chi connectivity index (χ2v) is 5.52. The summed E-state index contributed by atoms with van der Waals surface area (Å²) in [6, 6.07) is 8.13. The zero-order valence-corrected chi connectivity index (χ0v) is 12.5. The van der Waals surface area contributed by atoms with Gasteiger partial charge in [0.1, 0.15) is 0 Å². The van der Waals surface area contributed by atoms with Crippen molar-refractivity contribution in [3.8, 4) is 0 Å². The van der Waals surface area contributed by atoms with Gasteiger partial charge in [0, 0.05) is 32.4 Å². The van der Waals surface area contributed by atoms with Crippen LogP contribution in [0.4, 0.5) is 5.69 Å². The van der Waals surface area contributed by atoms with E-state index >= 15 is 0 Å². The number of carbonyl (C=O) groups is 1. The standard InChI is InChI=1S/C16H22N4O/c1-17-16(19-9-4-5-10-19)18-12-15(21)20-11-8-13-6-2-3-7-14(13)20/h2-3,6-7H,4-5,8-12H2,1H3,(H,17,18). The van der Waals surface area contributed by atoms with Crippen LogP contribution in [0.2, 0.25) is 0 Å². The van der Waals surface area contributed by atoms with Crippen LogP contribution in [-0.4, -0.2) is 50.0 Å². The SMILES string of the molecule is CN=C(NCC(=O)N1CCc2ccccc21)N1CCCC1. The lowest BCUT2D eigenvalue weighted by atomic mass is 10.2. The topological polar surface area (TPSA) is 47.9 Å².